The lowest BCUT2D eigenvalue weighted by molar-refractivity contribution is 0.0996. The fraction of sp³-hybridized carbons (Fsp3) is 0. The number of rotatable bonds is 2. The predicted octanol–water partition coefficient (Wildman–Crippen LogP) is 2.07. The number of furan rings is 1. The highest BCUT2D eigenvalue weighted by atomic mass is 19.1. The number of hydrogen-bond donors (Lipinski definition) is 1. The van der Waals surface area contributed by atoms with Gasteiger partial charge in [-0.2, -0.15) is 4.39 Å². The van der Waals surface area contributed by atoms with Crippen LogP contribution in [0, 0.1) is 5.95 Å². The summed E-state index contributed by atoms with van der Waals surface area (Å²) in [7, 11) is 0. The first kappa shape index (κ1) is 9.39. The summed E-state index contributed by atoms with van der Waals surface area (Å²) in [6.45, 7) is 0. The number of aromatic nitrogens is 1. The quantitative estimate of drug-likeness (QED) is 0.765. The zero-order valence-electron chi connectivity index (χ0n) is 7.61. The Labute approximate surface area is 84.7 Å². The van der Waals surface area contributed by atoms with Crippen molar-refractivity contribution in [3.63, 3.8) is 0 Å². The molecule has 2 aromatic rings. The number of nitrogens with zero attached hydrogens (tertiary/aromatic N) is 1. The second-order valence-corrected chi connectivity index (χ2v) is 2.80. The molecule has 1 amide bonds. The van der Waals surface area contributed by atoms with Crippen molar-refractivity contribution in [3.05, 3.63) is 48.4 Å². The molecule has 0 fully saturated rings. The Morgan fingerprint density at radius 2 is 2.27 bits per heavy atom. The fourth-order valence-electron chi connectivity index (χ4n) is 1.05. The van der Waals surface area contributed by atoms with Gasteiger partial charge in [0.25, 0.3) is 5.91 Å². The molecule has 4 nitrogen and oxygen atoms in total. The van der Waals surface area contributed by atoms with E-state index in [9.17, 15) is 9.18 Å². The summed E-state index contributed by atoms with van der Waals surface area (Å²) in [4.78, 5) is 14.8. The summed E-state index contributed by atoms with van der Waals surface area (Å²) in [5.41, 5.74) is 0.415. The highest BCUT2D eigenvalue weighted by Gasteiger charge is 2.08. The minimum absolute atomic E-state index is 0.194. The molecule has 0 aliphatic carbocycles. The fourth-order valence-corrected chi connectivity index (χ4v) is 1.05. The first-order valence-corrected chi connectivity index (χ1v) is 4.22. The van der Waals surface area contributed by atoms with Gasteiger partial charge in [0.15, 0.2) is 5.76 Å². The van der Waals surface area contributed by atoms with E-state index in [1.807, 2.05) is 0 Å². The number of halogens is 1. The van der Waals surface area contributed by atoms with E-state index in [4.69, 9.17) is 4.42 Å². The van der Waals surface area contributed by atoms with E-state index in [0.29, 0.717) is 5.69 Å². The zero-order chi connectivity index (χ0) is 10.7. The lowest BCUT2D eigenvalue weighted by Crippen LogP contribution is -2.10. The molecule has 0 radical (unpaired) electrons. The van der Waals surface area contributed by atoms with E-state index in [-0.39, 0.29) is 5.76 Å². The molecular weight excluding hydrogens is 199 g/mol. The van der Waals surface area contributed by atoms with Gasteiger partial charge in [-0.25, -0.2) is 4.98 Å². The highest BCUT2D eigenvalue weighted by Crippen LogP contribution is 2.08. The Balaban J connectivity index is 2.09. The summed E-state index contributed by atoms with van der Waals surface area (Å²) >= 11 is 0. The van der Waals surface area contributed by atoms with E-state index in [2.05, 4.69) is 10.3 Å². The van der Waals surface area contributed by atoms with Crippen molar-refractivity contribution in [2.24, 2.45) is 0 Å². The van der Waals surface area contributed by atoms with Gasteiger partial charge in [0.1, 0.15) is 0 Å². The normalized spacial score (nSPS) is 9.93. The average Bonchev–Trinajstić information content (AvgIpc) is 2.74. The minimum Gasteiger partial charge on any atom is -0.459 e. The van der Waals surface area contributed by atoms with Crippen molar-refractivity contribution in [2.45, 2.75) is 0 Å². The monoisotopic (exact) mass is 206 g/mol. The van der Waals surface area contributed by atoms with Gasteiger partial charge >= 0.3 is 0 Å². The molecule has 2 heterocycles. The molecule has 0 aromatic carbocycles. The van der Waals surface area contributed by atoms with Crippen LogP contribution in [0.25, 0.3) is 0 Å². The maximum atomic E-state index is 12.5. The Bertz CT molecular complexity index is 451. The van der Waals surface area contributed by atoms with Crippen LogP contribution in [0.5, 0.6) is 0 Å². The maximum absolute atomic E-state index is 12.5. The molecule has 0 aliphatic heterocycles. The van der Waals surface area contributed by atoms with E-state index < -0.39 is 11.9 Å². The van der Waals surface area contributed by atoms with Gasteiger partial charge in [-0.15, -0.1) is 0 Å². The number of carbonyl (C=O) groups is 1. The predicted molar refractivity (Wildman–Crippen MR) is 50.9 cm³/mol. The topological polar surface area (TPSA) is 55.1 Å². The molecule has 2 rings (SSSR count). The number of carbonyl (C=O) groups excluding carboxylic acids is 1. The van der Waals surface area contributed by atoms with Crippen LogP contribution < -0.4 is 5.32 Å². The van der Waals surface area contributed by atoms with Gasteiger partial charge in [0.05, 0.1) is 18.1 Å². The molecule has 0 atom stereocenters. The molecule has 0 saturated heterocycles. The third kappa shape index (κ3) is 2.19. The molecule has 5 heteroatoms. The largest absolute Gasteiger partial charge is 0.459 e. The third-order valence-corrected chi connectivity index (χ3v) is 1.73. The van der Waals surface area contributed by atoms with Crippen LogP contribution in [-0.2, 0) is 0 Å². The maximum Gasteiger partial charge on any atom is 0.291 e. The van der Waals surface area contributed by atoms with Crippen LogP contribution in [0.2, 0.25) is 0 Å². The smallest absolute Gasteiger partial charge is 0.291 e. The van der Waals surface area contributed by atoms with Crippen LogP contribution in [0.15, 0.2) is 41.1 Å². The van der Waals surface area contributed by atoms with Crippen LogP contribution >= 0.6 is 0 Å². The Morgan fingerprint density at radius 1 is 1.40 bits per heavy atom. The van der Waals surface area contributed by atoms with E-state index in [1.54, 1.807) is 6.07 Å². The molecule has 1 N–H and O–H groups in total. The number of hydrogen-bond acceptors (Lipinski definition) is 3. The number of pyridine rings is 1. The first-order valence-electron chi connectivity index (χ1n) is 4.22. The van der Waals surface area contributed by atoms with Crippen molar-refractivity contribution in [2.75, 3.05) is 5.32 Å². The molecule has 0 bridgehead atoms. The van der Waals surface area contributed by atoms with Gasteiger partial charge < -0.3 is 9.73 Å². The van der Waals surface area contributed by atoms with E-state index in [0.717, 1.165) is 6.07 Å². The summed E-state index contributed by atoms with van der Waals surface area (Å²) in [6.07, 6.45) is 2.63. The lowest BCUT2D eigenvalue weighted by atomic mass is 10.3. The van der Waals surface area contributed by atoms with Gasteiger partial charge in [-0.3, -0.25) is 4.79 Å². The molecular formula is C10H7FN2O2. The van der Waals surface area contributed by atoms with Crippen LogP contribution in [0.1, 0.15) is 10.6 Å². The average molecular weight is 206 g/mol. The van der Waals surface area contributed by atoms with Crippen molar-refractivity contribution >= 4 is 11.6 Å². The SMILES string of the molecule is O=C(Nc1ccc(F)nc1)c1ccco1. The van der Waals surface area contributed by atoms with Crippen LogP contribution in [-0.4, -0.2) is 10.9 Å². The molecule has 76 valence electrons. The van der Waals surface area contributed by atoms with Crippen molar-refractivity contribution in [1.29, 1.82) is 0 Å². The molecule has 0 spiro atoms. The van der Waals surface area contributed by atoms with Crippen LogP contribution in [0.3, 0.4) is 0 Å². The Morgan fingerprint density at radius 3 is 2.87 bits per heavy atom. The van der Waals surface area contributed by atoms with Crippen molar-refractivity contribution < 1.29 is 13.6 Å². The second kappa shape index (κ2) is 3.91. The first-order chi connectivity index (χ1) is 7.25. The Hall–Kier alpha value is -2.17. The standard InChI is InChI=1S/C10H7FN2O2/c11-9-4-3-7(6-12-9)13-10(14)8-2-1-5-15-8/h1-6H,(H,13,14). The summed E-state index contributed by atoms with van der Waals surface area (Å²) in [5, 5.41) is 2.51. The molecule has 15 heavy (non-hydrogen) atoms. The summed E-state index contributed by atoms with van der Waals surface area (Å²) in [6, 6.07) is 5.73. The number of amides is 1. The van der Waals surface area contributed by atoms with E-state index in [1.165, 1.54) is 24.6 Å². The van der Waals surface area contributed by atoms with Gasteiger partial charge in [-0.05, 0) is 24.3 Å². The third-order valence-electron chi connectivity index (χ3n) is 1.73. The molecule has 0 unspecified atom stereocenters. The van der Waals surface area contributed by atoms with Gasteiger partial charge in [0.2, 0.25) is 5.95 Å². The van der Waals surface area contributed by atoms with Crippen molar-refractivity contribution in [3.8, 4) is 0 Å². The van der Waals surface area contributed by atoms with E-state index >= 15 is 0 Å². The molecule has 2 aromatic heterocycles. The summed E-state index contributed by atoms with van der Waals surface area (Å²) in [5.74, 6) is -0.793. The van der Waals surface area contributed by atoms with Crippen LogP contribution in [0.4, 0.5) is 10.1 Å². The Kier molecular flexibility index (Phi) is 2.45. The van der Waals surface area contributed by atoms with Crippen molar-refractivity contribution in [1.82, 2.24) is 4.98 Å². The summed E-state index contributed by atoms with van der Waals surface area (Å²) < 4.78 is 17.3. The lowest BCUT2D eigenvalue weighted by Gasteiger charge is -2.01. The highest BCUT2D eigenvalue weighted by molar-refractivity contribution is 6.02. The zero-order valence-corrected chi connectivity index (χ0v) is 7.61. The number of anilines is 1. The van der Waals surface area contributed by atoms with Gasteiger partial charge in [-0.1, -0.05) is 0 Å². The van der Waals surface area contributed by atoms with Gasteiger partial charge in [0, 0.05) is 0 Å². The number of nitrogens with one attached hydrogen (secondary N) is 1. The minimum atomic E-state index is -0.592. The molecule has 0 saturated carbocycles. The molecule has 0 aliphatic rings. The second-order valence-electron chi connectivity index (χ2n) is 2.80.